The van der Waals surface area contributed by atoms with Crippen molar-refractivity contribution >= 4 is 0 Å². The van der Waals surface area contributed by atoms with Crippen LogP contribution < -0.4 is 5.73 Å². The van der Waals surface area contributed by atoms with E-state index in [0.29, 0.717) is 12.1 Å². The first kappa shape index (κ1) is 7.76. The van der Waals surface area contributed by atoms with Gasteiger partial charge in [-0.25, -0.2) is 0 Å². The largest absolute Gasteiger partial charge is 0.378 e. The molecule has 0 saturated heterocycles. The lowest BCUT2D eigenvalue weighted by Crippen LogP contribution is -2.41. The highest BCUT2D eigenvalue weighted by atomic mass is 16.5. The third-order valence-electron chi connectivity index (χ3n) is 1.81. The Labute approximate surface area is 62.1 Å². The van der Waals surface area contributed by atoms with Crippen molar-refractivity contribution in [3.63, 3.8) is 0 Å². The molecule has 0 aromatic heterocycles. The van der Waals surface area contributed by atoms with Crippen molar-refractivity contribution < 1.29 is 4.74 Å². The Morgan fingerprint density at radius 1 is 1.60 bits per heavy atom. The molecule has 0 spiro atoms. The molecule has 1 aliphatic rings. The zero-order chi connectivity index (χ0) is 7.40. The van der Waals surface area contributed by atoms with Gasteiger partial charge in [0.2, 0.25) is 0 Å². The summed E-state index contributed by atoms with van der Waals surface area (Å²) in [5.74, 6) is 0. The summed E-state index contributed by atoms with van der Waals surface area (Å²) >= 11 is 0. The van der Waals surface area contributed by atoms with E-state index in [1.165, 1.54) is 0 Å². The summed E-state index contributed by atoms with van der Waals surface area (Å²) < 4.78 is 5.44. The van der Waals surface area contributed by atoms with E-state index in [9.17, 15) is 0 Å². The van der Waals surface area contributed by atoms with E-state index in [1.54, 1.807) is 0 Å². The Bertz CT molecular complexity index is 108. The van der Waals surface area contributed by atoms with Crippen molar-refractivity contribution in [3.8, 4) is 0 Å². The van der Waals surface area contributed by atoms with E-state index in [-0.39, 0.29) is 0 Å². The average molecular weight is 141 g/mol. The van der Waals surface area contributed by atoms with Crippen molar-refractivity contribution in [2.75, 3.05) is 6.61 Å². The topological polar surface area (TPSA) is 35.2 Å². The molecule has 2 heteroatoms. The SMILES string of the molecule is C=CCCOC1CC(N)C1. The van der Waals surface area contributed by atoms with Crippen LogP contribution in [0.1, 0.15) is 19.3 Å². The summed E-state index contributed by atoms with van der Waals surface area (Å²) in [6.07, 6.45) is 5.34. The third-order valence-corrected chi connectivity index (χ3v) is 1.81. The van der Waals surface area contributed by atoms with Gasteiger partial charge in [0.1, 0.15) is 0 Å². The summed E-state index contributed by atoms with van der Waals surface area (Å²) in [6, 6.07) is 0.397. The van der Waals surface area contributed by atoms with Crippen LogP contribution in [0.25, 0.3) is 0 Å². The Kier molecular flexibility index (Phi) is 2.90. The van der Waals surface area contributed by atoms with Gasteiger partial charge >= 0.3 is 0 Å². The molecule has 2 nitrogen and oxygen atoms in total. The molecule has 0 heterocycles. The standard InChI is InChI=1S/C8H15NO/c1-2-3-4-10-8-5-7(9)6-8/h2,7-8H,1,3-6,9H2. The number of rotatable bonds is 4. The van der Waals surface area contributed by atoms with Gasteiger partial charge in [0.25, 0.3) is 0 Å². The van der Waals surface area contributed by atoms with Crippen molar-refractivity contribution in [3.05, 3.63) is 12.7 Å². The van der Waals surface area contributed by atoms with E-state index >= 15 is 0 Å². The maximum Gasteiger partial charge on any atom is 0.0604 e. The van der Waals surface area contributed by atoms with E-state index < -0.39 is 0 Å². The molecule has 0 unspecified atom stereocenters. The molecule has 2 N–H and O–H groups in total. The summed E-state index contributed by atoms with van der Waals surface area (Å²) in [5.41, 5.74) is 5.57. The molecule has 0 bridgehead atoms. The zero-order valence-corrected chi connectivity index (χ0v) is 6.25. The van der Waals surface area contributed by atoms with Gasteiger partial charge in [-0.1, -0.05) is 6.08 Å². The van der Waals surface area contributed by atoms with Crippen LogP contribution >= 0.6 is 0 Å². The summed E-state index contributed by atoms with van der Waals surface area (Å²) in [6.45, 7) is 4.42. The van der Waals surface area contributed by atoms with Crippen LogP contribution in [0.4, 0.5) is 0 Å². The number of ether oxygens (including phenoxy) is 1. The van der Waals surface area contributed by atoms with Gasteiger partial charge < -0.3 is 10.5 Å². The zero-order valence-electron chi connectivity index (χ0n) is 6.25. The molecule has 10 heavy (non-hydrogen) atoms. The van der Waals surface area contributed by atoms with Crippen molar-refractivity contribution in [2.45, 2.75) is 31.4 Å². The van der Waals surface area contributed by atoms with E-state index in [0.717, 1.165) is 25.9 Å². The minimum absolute atomic E-state index is 0.397. The minimum atomic E-state index is 0.397. The monoisotopic (exact) mass is 141 g/mol. The van der Waals surface area contributed by atoms with Crippen molar-refractivity contribution in [1.82, 2.24) is 0 Å². The maximum atomic E-state index is 5.57. The van der Waals surface area contributed by atoms with E-state index in [4.69, 9.17) is 10.5 Å². The molecule has 0 amide bonds. The van der Waals surface area contributed by atoms with Crippen LogP contribution in [0.5, 0.6) is 0 Å². The highest BCUT2D eigenvalue weighted by Gasteiger charge is 2.25. The fourth-order valence-corrected chi connectivity index (χ4v) is 1.06. The van der Waals surface area contributed by atoms with Gasteiger partial charge in [0.05, 0.1) is 12.7 Å². The molecule has 0 aromatic rings. The molecular weight excluding hydrogens is 126 g/mol. The normalized spacial score (nSPS) is 31.3. The van der Waals surface area contributed by atoms with Crippen LogP contribution in [0.2, 0.25) is 0 Å². The van der Waals surface area contributed by atoms with Crippen molar-refractivity contribution in [1.29, 1.82) is 0 Å². The van der Waals surface area contributed by atoms with Gasteiger partial charge in [-0.05, 0) is 19.3 Å². The van der Waals surface area contributed by atoms with Gasteiger partial charge in [-0.3, -0.25) is 0 Å². The second-order valence-electron chi connectivity index (χ2n) is 2.80. The summed E-state index contributed by atoms with van der Waals surface area (Å²) in [5, 5.41) is 0. The van der Waals surface area contributed by atoms with Crippen LogP contribution in [-0.4, -0.2) is 18.8 Å². The number of hydrogen-bond acceptors (Lipinski definition) is 2. The van der Waals surface area contributed by atoms with Crippen LogP contribution in [0.3, 0.4) is 0 Å². The Balaban J connectivity index is 1.90. The van der Waals surface area contributed by atoms with Crippen LogP contribution in [0, 0.1) is 0 Å². The van der Waals surface area contributed by atoms with Gasteiger partial charge in [-0.2, -0.15) is 0 Å². The number of nitrogens with two attached hydrogens (primary N) is 1. The second kappa shape index (κ2) is 3.74. The first-order valence-electron chi connectivity index (χ1n) is 3.81. The molecular formula is C8H15NO. The molecule has 1 fully saturated rings. The molecule has 0 aromatic carbocycles. The Hall–Kier alpha value is -0.340. The first-order valence-corrected chi connectivity index (χ1v) is 3.81. The Morgan fingerprint density at radius 2 is 2.30 bits per heavy atom. The van der Waals surface area contributed by atoms with Gasteiger partial charge in [0, 0.05) is 6.04 Å². The van der Waals surface area contributed by atoms with Crippen LogP contribution in [0.15, 0.2) is 12.7 Å². The lowest BCUT2D eigenvalue weighted by Gasteiger charge is -2.32. The molecule has 0 aliphatic heterocycles. The maximum absolute atomic E-state index is 5.57. The average Bonchev–Trinajstić information content (AvgIpc) is 1.85. The Morgan fingerprint density at radius 3 is 2.80 bits per heavy atom. The quantitative estimate of drug-likeness (QED) is 0.469. The highest BCUT2D eigenvalue weighted by molar-refractivity contribution is 4.83. The van der Waals surface area contributed by atoms with Crippen LogP contribution in [-0.2, 0) is 4.74 Å². The highest BCUT2D eigenvalue weighted by Crippen LogP contribution is 2.20. The fourth-order valence-electron chi connectivity index (χ4n) is 1.06. The smallest absolute Gasteiger partial charge is 0.0604 e. The molecule has 1 saturated carbocycles. The molecule has 58 valence electrons. The lowest BCUT2D eigenvalue weighted by atomic mass is 9.90. The predicted octanol–water partition coefficient (Wildman–Crippen LogP) is 1.07. The van der Waals surface area contributed by atoms with Gasteiger partial charge in [0.15, 0.2) is 0 Å². The molecule has 0 atom stereocenters. The molecule has 0 radical (unpaired) electrons. The predicted molar refractivity (Wildman–Crippen MR) is 41.8 cm³/mol. The second-order valence-corrected chi connectivity index (χ2v) is 2.80. The lowest BCUT2D eigenvalue weighted by molar-refractivity contribution is -0.00585. The van der Waals surface area contributed by atoms with Crippen molar-refractivity contribution in [2.24, 2.45) is 5.73 Å². The van der Waals surface area contributed by atoms with E-state index in [1.807, 2.05) is 6.08 Å². The summed E-state index contributed by atoms with van der Waals surface area (Å²) in [7, 11) is 0. The first-order chi connectivity index (χ1) is 4.83. The minimum Gasteiger partial charge on any atom is -0.378 e. The number of hydrogen-bond donors (Lipinski definition) is 1. The summed E-state index contributed by atoms with van der Waals surface area (Å²) in [4.78, 5) is 0. The molecule has 1 rings (SSSR count). The molecule has 1 aliphatic carbocycles. The fraction of sp³-hybridized carbons (Fsp3) is 0.750. The third kappa shape index (κ3) is 2.12. The van der Waals surface area contributed by atoms with E-state index in [2.05, 4.69) is 6.58 Å². The van der Waals surface area contributed by atoms with Gasteiger partial charge in [-0.15, -0.1) is 6.58 Å².